The maximum atomic E-state index is 11.2. The van der Waals surface area contributed by atoms with Gasteiger partial charge in [0, 0.05) is 12.4 Å². The van der Waals surface area contributed by atoms with Crippen molar-refractivity contribution in [2.24, 2.45) is 11.8 Å². The zero-order valence-electron chi connectivity index (χ0n) is 10.2. The zero-order valence-corrected chi connectivity index (χ0v) is 11.0. The van der Waals surface area contributed by atoms with Gasteiger partial charge in [0.1, 0.15) is 0 Å². The van der Waals surface area contributed by atoms with Gasteiger partial charge in [-0.05, 0) is 24.0 Å². The van der Waals surface area contributed by atoms with Gasteiger partial charge in [0.2, 0.25) is 10.3 Å². The molecule has 0 fully saturated rings. The lowest BCUT2D eigenvalue weighted by Crippen LogP contribution is -2.30. The Bertz CT molecular complexity index is 541. The van der Waals surface area contributed by atoms with Crippen molar-refractivity contribution in [2.45, 2.75) is 20.3 Å². The summed E-state index contributed by atoms with van der Waals surface area (Å²) in [5.74, 6) is -2.50. The van der Waals surface area contributed by atoms with Gasteiger partial charge in [0.25, 0.3) is 0 Å². The minimum Gasteiger partial charge on any atom is -0.481 e. The molecule has 0 aromatic carbocycles. The van der Waals surface area contributed by atoms with Crippen LogP contribution < -0.4 is 0 Å². The molecular formula is C12H15NO4S. The van der Waals surface area contributed by atoms with Crippen molar-refractivity contribution in [1.29, 1.82) is 0 Å². The van der Waals surface area contributed by atoms with Crippen LogP contribution in [0.1, 0.15) is 19.4 Å². The zero-order chi connectivity index (χ0) is 13.7. The molecule has 0 bridgehead atoms. The Morgan fingerprint density at radius 1 is 1.44 bits per heavy atom. The molecule has 0 saturated heterocycles. The van der Waals surface area contributed by atoms with Crippen LogP contribution in [0.2, 0.25) is 0 Å². The second-order valence-electron chi connectivity index (χ2n) is 4.25. The normalized spacial score (nSPS) is 12.2. The number of carboxylic acid groups (broad SMARTS) is 1. The molecule has 0 aliphatic carbocycles. The molecule has 6 heteroatoms. The monoisotopic (exact) mass is 269 g/mol. The Labute approximate surface area is 107 Å². The Morgan fingerprint density at radius 3 is 2.50 bits per heavy atom. The Hall–Kier alpha value is -1.69. The highest BCUT2D eigenvalue weighted by Crippen LogP contribution is 2.14. The maximum absolute atomic E-state index is 11.2. The van der Waals surface area contributed by atoms with Crippen LogP contribution in [0.4, 0.5) is 0 Å². The van der Waals surface area contributed by atoms with Gasteiger partial charge in [-0.1, -0.05) is 19.9 Å². The van der Waals surface area contributed by atoms with Crippen LogP contribution in [0.5, 0.6) is 0 Å². The molecule has 98 valence electrons. The van der Waals surface area contributed by atoms with E-state index in [0.29, 0.717) is 5.56 Å². The molecule has 5 nitrogen and oxygen atoms in total. The molecule has 1 aromatic heterocycles. The summed E-state index contributed by atoms with van der Waals surface area (Å²) in [6.45, 7) is 3.34. The molecular weight excluding hydrogens is 254 g/mol. The van der Waals surface area contributed by atoms with Gasteiger partial charge < -0.3 is 5.11 Å². The van der Waals surface area contributed by atoms with Crippen molar-refractivity contribution < 1.29 is 18.3 Å². The van der Waals surface area contributed by atoms with Crippen LogP contribution in [-0.4, -0.2) is 29.3 Å². The maximum Gasteiger partial charge on any atom is 0.312 e. The number of nitrogens with zero attached hydrogens (tertiary/aromatic N) is 1. The van der Waals surface area contributed by atoms with Crippen molar-refractivity contribution in [3.8, 4) is 0 Å². The van der Waals surface area contributed by atoms with Crippen molar-refractivity contribution in [1.82, 2.24) is 4.98 Å². The summed E-state index contributed by atoms with van der Waals surface area (Å²) in [5, 5.41) is 9.19. The standard InChI is InChI=1S/C12H15NO4S/c1-8(2)11(18(16)17)10(12(14)15)6-9-4-3-5-13-7-9/h3-5,7-8,10H,6H2,1-2H3,(H,14,15). The number of carboxylic acids is 1. The van der Waals surface area contributed by atoms with E-state index in [-0.39, 0.29) is 17.2 Å². The van der Waals surface area contributed by atoms with E-state index < -0.39 is 22.2 Å². The van der Waals surface area contributed by atoms with E-state index in [2.05, 4.69) is 4.98 Å². The van der Waals surface area contributed by atoms with Crippen LogP contribution in [0.15, 0.2) is 24.5 Å². The summed E-state index contributed by atoms with van der Waals surface area (Å²) >= 11 is 0. The van der Waals surface area contributed by atoms with E-state index in [0.717, 1.165) is 0 Å². The lowest BCUT2D eigenvalue weighted by atomic mass is 9.91. The van der Waals surface area contributed by atoms with Gasteiger partial charge in [-0.15, -0.1) is 0 Å². The molecule has 0 radical (unpaired) electrons. The fourth-order valence-corrected chi connectivity index (χ4v) is 2.58. The quantitative estimate of drug-likeness (QED) is 0.807. The topological polar surface area (TPSA) is 84.3 Å². The number of aliphatic carboxylic acids is 1. The number of rotatable bonds is 5. The molecule has 0 aliphatic heterocycles. The largest absolute Gasteiger partial charge is 0.481 e. The molecule has 1 atom stereocenters. The fraction of sp³-hybridized carbons (Fsp3) is 0.417. The van der Waals surface area contributed by atoms with Crippen LogP contribution in [-0.2, 0) is 21.5 Å². The second-order valence-corrected chi connectivity index (χ2v) is 5.19. The Balaban J connectivity index is 3.12. The predicted octanol–water partition coefficient (Wildman–Crippen LogP) is 1.03. The molecule has 1 heterocycles. The summed E-state index contributed by atoms with van der Waals surface area (Å²) in [6.07, 6.45) is 3.25. The fourth-order valence-electron chi connectivity index (χ4n) is 1.78. The SMILES string of the molecule is CC(C)C(C(Cc1cccnc1)C(=O)O)=S(=O)=O. The molecule has 1 N–H and O–H groups in total. The summed E-state index contributed by atoms with van der Waals surface area (Å²) in [4.78, 5) is 15.1. The van der Waals surface area contributed by atoms with E-state index in [4.69, 9.17) is 0 Å². The highest BCUT2D eigenvalue weighted by atomic mass is 32.2. The number of hydrogen-bond donors (Lipinski definition) is 1. The average molecular weight is 269 g/mol. The van der Waals surface area contributed by atoms with E-state index in [1.807, 2.05) is 0 Å². The minimum absolute atomic E-state index is 0.0198. The van der Waals surface area contributed by atoms with Crippen molar-refractivity contribution in [3.63, 3.8) is 0 Å². The lowest BCUT2D eigenvalue weighted by molar-refractivity contribution is -0.139. The van der Waals surface area contributed by atoms with E-state index in [9.17, 15) is 18.3 Å². The molecule has 0 amide bonds. The van der Waals surface area contributed by atoms with Gasteiger partial charge in [0.05, 0.1) is 10.8 Å². The highest BCUT2D eigenvalue weighted by Gasteiger charge is 2.27. The summed E-state index contributed by atoms with van der Waals surface area (Å²) in [7, 11) is -2.49. The van der Waals surface area contributed by atoms with Crippen LogP contribution in [0.25, 0.3) is 0 Å². The summed E-state index contributed by atoms with van der Waals surface area (Å²) in [5.41, 5.74) is 0.702. The van der Waals surface area contributed by atoms with E-state index >= 15 is 0 Å². The third-order valence-electron chi connectivity index (χ3n) is 2.57. The van der Waals surface area contributed by atoms with Crippen LogP contribution in [0.3, 0.4) is 0 Å². The number of pyridine rings is 1. The minimum atomic E-state index is -2.49. The molecule has 18 heavy (non-hydrogen) atoms. The first-order valence-electron chi connectivity index (χ1n) is 5.51. The van der Waals surface area contributed by atoms with E-state index in [1.165, 1.54) is 0 Å². The van der Waals surface area contributed by atoms with Gasteiger partial charge in [0.15, 0.2) is 0 Å². The van der Waals surface area contributed by atoms with Gasteiger partial charge >= 0.3 is 5.97 Å². The summed E-state index contributed by atoms with van der Waals surface area (Å²) in [6, 6.07) is 3.42. The molecule has 1 aromatic rings. The number of aromatic nitrogens is 1. The molecule has 0 aliphatic rings. The lowest BCUT2D eigenvalue weighted by Gasteiger charge is -2.15. The number of carbonyl (C=O) groups is 1. The van der Waals surface area contributed by atoms with Crippen LogP contribution in [0, 0.1) is 11.8 Å². The van der Waals surface area contributed by atoms with E-state index in [1.54, 1.807) is 38.4 Å². The smallest absolute Gasteiger partial charge is 0.312 e. The van der Waals surface area contributed by atoms with Crippen molar-refractivity contribution in [3.05, 3.63) is 30.1 Å². The first-order valence-corrected chi connectivity index (χ1v) is 6.58. The Kier molecular flexibility index (Phi) is 5.03. The third kappa shape index (κ3) is 3.66. The van der Waals surface area contributed by atoms with Gasteiger partial charge in [-0.3, -0.25) is 9.78 Å². The van der Waals surface area contributed by atoms with Crippen molar-refractivity contribution >= 4 is 21.1 Å². The van der Waals surface area contributed by atoms with Crippen LogP contribution >= 0.6 is 0 Å². The van der Waals surface area contributed by atoms with Gasteiger partial charge in [-0.25, -0.2) is 0 Å². The predicted molar refractivity (Wildman–Crippen MR) is 67.8 cm³/mol. The average Bonchev–Trinajstić information content (AvgIpc) is 2.28. The third-order valence-corrected chi connectivity index (χ3v) is 3.71. The Morgan fingerprint density at radius 2 is 2.11 bits per heavy atom. The van der Waals surface area contributed by atoms with Gasteiger partial charge in [-0.2, -0.15) is 8.42 Å². The molecule has 1 unspecified atom stereocenters. The molecule has 1 rings (SSSR count). The first kappa shape index (κ1) is 14.4. The first-order chi connectivity index (χ1) is 8.43. The highest BCUT2D eigenvalue weighted by molar-refractivity contribution is 7.73. The van der Waals surface area contributed by atoms with Crippen molar-refractivity contribution in [2.75, 3.05) is 0 Å². The molecule has 0 saturated carbocycles. The summed E-state index contributed by atoms with van der Waals surface area (Å²) < 4.78 is 22.3. The second kappa shape index (κ2) is 6.30. The number of hydrogen-bond acceptors (Lipinski definition) is 4. The molecule has 0 spiro atoms.